The van der Waals surface area contributed by atoms with Crippen molar-refractivity contribution in [1.29, 1.82) is 0 Å². The molecule has 13 heavy (non-hydrogen) atoms. The number of carbonyl (C=O) groups is 1. The molecule has 0 unspecified atom stereocenters. The van der Waals surface area contributed by atoms with Gasteiger partial charge in [0.25, 0.3) is 0 Å². The van der Waals surface area contributed by atoms with Crippen LogP contribution < -0.4 is 0 Å². The van der Waals surface area contributed by atoms with Crippen LogP contribution in [0.1, 0.15) is 19.8 Å². The number of carboxylic acid groups (broad SMARTS) is 1. The van der Waals surface area contributed by atoms with E-state index in [9.17, 15) is 4.79 Å². The molecule has 3 nitrogen and oxygen atoms in total. The van der Waals surface area contributed by atoms with Gasteiger partial charge in [0.15, 0.2) is 0 Å². The Morgan fingerprint density at radius 3 is 3.00 bits per heavy atom. The zero-order valence-corrected chi connectivity index (χ0v) is 8.01. The lowest BCUT2D eigenvalue weighted by Crippen LogP contribution is -2.00. The smallest absolute Gasteiger partial charge is 0.336 e. The molecule has 1 heterocycles. The number of halogens is 1. The van der Waals surface area contributed by atoms with Crippen molar-refractivity contribution >= 4 is 23.8 Å². The van der Waals surface area contributed by atoms with Crippen LogP contribution >= 0.6 is 11.6 Å². The van der Waals surface area contributed by atoms with E-state index in [-0.39, 0.29) is 5.57 Å². The summed E-state index contributed by atoms with van der Waals surface area (Å²) in [5.41, 5.74) is 1.16. The Labute approximate surface area is 81.4 Å². The van der Waals surface area contributed by atoms with Gasteiger partial charge in [-0.25, -0.2) is 9.79 Å². The Hall–Kier alpha value is -1.09. The molecule has 1 rings (SSSR count). The molecule has 0 radical (unpaired) electrons. The first kappa shape index (κ1) is 9.99. The second-order valence-corrected chi connectivity index (χ2v) is 3.03. The molecule has 0 aromatic rings. The maximum atomic E-state index is 10.6. The summed E-state index contributed by atoms with van der Waals surface area (Å²) in [6.45, 7) is 1.97. The third kappa shape index (κ3) is 2.42. The Balaban J connectivity index is 2.91. The van der Waals surface area contributed by atoms with E-state index >= 15 is 0 Å². The predicted octanol–water partition coefficient (Wildman–Crippen LogP) is 2.33. The van der Waals surface area contributed by atoms with Crippen LogP contribution in [0.2, 0.25) is 0 Å². The normalized spacial score (nSPS) is 16.9. The second-order valence-electron chi connectivity index (χ2n) is 2.67. The first-order valence-corrected chi connectivity index (χ1v) is 4.38. The fourth-order valence-corrected chi connectivity index (χ4v) is 1.28. The van der Waals surface area contributed by atoms with Crippen LogP contribution in [-0.2, 0) is 4.79 Å². The molecule has 0 saturated carbocycles. The van der Waals surface area contributed by atoms with E-state index in [1.54, 1.807) is 6.08 Å². The Bertz CT molecular complexity index is 316. The van der Waals surface area contributed by atoms with E-state index in [0.717, 1.165) is 12.0 Å². The minimum Gasteiger partial charge on any atom is -0.478 e. The summed E-state index contributed by atoms with van der Waals surface area (Å²) in [6, 6.07) is 0. The van der Waals surface area contributed by atoms with Gasteiger partial charge in [-0.2, -0.15) is 0 Å². The zero-order valence-electron chi connectivity index (χ0n) is 7.25. The number of hydrogen-bond acceptors (Lipinski definition) is 2. The van der Waals surface area contributed by atoms with Crippen molar-refractivity contribution < 1.29 is 9.90 Å². The average Bonchev–Trinajstić information content (AvgIpc) is 2.27. The summed E-state index contributed by atoms with van der Waals surface area (Å²) in [5, 5.41) is 9.10. The van der Waals surface area contributed by atoms with Crippen molar-refractivity contribution in [3.8, 4) is 0 Å². The lowest BCUT2D eigenvalue weighted by molar-refractivity contribution is -0.132. The van der Waals surface area contributed by atoms with Gasteiger partial charge in [0.05, 0.1) is 5.57 Å². The largest absolute Gasteiger partial charge is 0.478 e. The van der Waals surface area contributed by atoms with Gasteiger partial charge in [0, 0.05) is 6.21 Å². The molecule has 4 heteroatoms. The van der Waals surface area contributed by atoms with Crippen LogP contribution in [0.25, 0.3) is 0 Å². The zero-order chi connectivity index (χ0) is 9.84. The number of rotatable bonds is 2. The lowest BCUT2D eigenvalue weighted by Gasteiger charge is -1.98. The van der Waals surface area contributed by atoms with Gasteiger partial charge >= 0.3 is 5.97 Å². The standard InChI is InChI=1S/C9H10ClNO2/c1-2-6-3-4-7(9(12)13)5-11-8(6)10/h4-5H,2-3H2,1H3,(H,12,13). The van der Waals surface area contributed by atoms with Crippen molar-refractivity contribution in [1.82, 2.24) is 0 Å². The van der Waals surface area contributed by atoms with E-state index < -0.39 is 5.97 Å². The molecule has 0 atom stereocenters. The molecule has 1 aliphatic heterocycles. The van der Waals surface area contributed by atoms with E-state index in [1.807, 2.05) is 6.92 Å². The molecule has 0 amide bonds. The van der Waals surface area contributed by atoms with Gasteiger partial charge < -0.3 is 5.11 Å². The van der Waals surface area contributed by atoms with Gasteiger partial charge in [-0.15, -0.1) is 0 Å². The van der Waals surface area contributed by atoms with Gasteiger partial charge in [0.2, 0.25) is 0 Å². The highest BCUT2D eigenvalue weighted by Crippen LogP contribution is 2.21. The van der Waals surface area contributed by atoms with Crippen LogP contribution in [-0.4, -0.2) is 17.3 Å². The quantitative estimate of drug-likeness (QED) is 0.694. The number of aliphatic carboxylic acids is 1. The molecule has 70 valence electrons. The molecule has 0 fully saturated rings. The molecule has 0 aromatic carbocycles. The fraction of sp³-hybridized carbons (Fsp3) is 0.333. The van der Waals surface area contributed by atoms with Gasteiger partial charge in [-0.1, -0.05) is 24.6 Å². The van der Waals surface area contributed by atoms with Crippen LogP contribution in [0.15, 0.2) is 27.4 Å². The highest BCUT2D eigenvalue weighted by molar-refractivity contribution is 6.30. The molecule has 0 saturated heterocycles. The van der Waals surface area contributed by atoms with Crippen molar-refractivity contribution in [3.63, 3.8) is 0 Å². The number of nitrogens with zero attached hydrogens (tertiary/aromatic N) is 1. The van der Waals surface area contributed by atoms with Crippen LogP contribution in [0.4, 0.5) is 0 Å². The summed E-state index contributed by atoms with van der Waals surface area (Å²) < 4.78 is 0. The number of carboxylic acids is 1. The molecule has 0 bridgehead atoms. The highest BCUT2D eigenvalue weighted by Gasteiger charge is 2.09. The molecule has 0 aliphatic carbocycles. The van der Waals surface area contributed by atoms with E-state index in [2.05, 4.69) is 4.99 Å². The van der Waals surface area contributed by atoms with Crippen molar-refractivity contribution in [2.45, 2.75) is 19.8 Å². The van der Waals surface area contributed by atoms with Crippen LogP contribution in [0.3, 0.4) is 0 Å². The summed E-state index contributed by atoms with van der Waals surface area (Å²) in [4.78, 5) is 14.4. The second kappa shape index (κ2) is 4.23. The number of hydrogen-bond donors (Lipinski definition) is 1. The van der Waals surface area contributed by atoms with Crippen molar-refractivity contribution in [2.24, 2.45) is 4.99 Å². The maximum absolute atomic E-state index is 10.6. The third-order valence-electron chi connectivity index (χ3n) is 1.85. The minimum absolute atomic E-state index is 0.196. The monoisotopic (exact) mass is 199 g/mol. The summed E-state index contributed by atoms with van der Waals surface area (Å²) in [7, 11) is 0. The Kier molecular flexibility index (Phi) is 3.25. The van der Waals surface area contributed by atoms with Crippen LogP contribution in [0, 0.1) is 0 Å². The molecule has 0 aromatic heterocycles. The molecule has 1 aliphatic rings. The van der Waals surface area contributed by atoms with E-state index in [1.165, 1.54) is 6.21 Å². The Morgan fingerprint density at radius 2 is 2.46 bits per heavy atom. The summed E-state index contributed by atoms with van der Waals surface area (Å²) in [6.07, 6.45) is 4.27. The maximum Gasteiger partial charge on any atom is 0.336 e. The number of allylic oxidation sites excluding steroid dienone is 2. The summed E-state index contributed by atoms with van der Waals surface area (Å²) >= 11 is 5.81. The summed E-state index contributed by atoms with van der Waals surface area (Å²) in [5.74, 6) is -0.967. The van der Waals surface area contributed by atoms with Crippen LogP contribution in [0.5, 0.6) is 0 Å². The topological polar surface area (TPSA) is 49.7 Å². The first-order chi connectivity index (χ1) is 6.15. The number of aliphatic imine (C=N–C) groups is 1. The first-order valence-electron chi connectivity index (χ1n) is 4.00. The molecule has 1 N–H and O–H groups in total. The average molecular weight is 200 g/mol. The lowest BCUT2D eigenvalue weighted by atomic mass is 10.1. The molecule has 0 spiro atoms. The minimum atomic E-state index is -0.967. The highest BCUT2D eigenvalue weighted by atomic mass is 35.5. The molecular formula is C9H10ClNO2. The fourth-order valence-electron chi connectivity index (χ4n) is 1.02. The Morgan fingerprint density at radius 1 is 1.77 bits per heavy atom. The van der Waals surface area contributed by atoms with Crippen molar-refractivity contribution in [3.05, 3.63) is 22.4 Å². The SMILES string of the molecule is CCC1=C(Cl)N=CC(C(=O)O)=CC1. The van der Waals surface area contributed by atoms with E-state index in [0.29, 0.717) is 11.6 Å². The molecular weight excluding hydrogens is 190 g/mol. The van der Waals surface area contributed by atoms with Crippen molar-refractivity contribution in [2.75, 3.05) is 0 Å². The predicted molar refractivity (Wildman–Crippen MR) is 52.0 cm³/mol. The van der Waals surface area contributed by atoms with Gasteiger partial charge in [0.1, 0.15) is 5.16 Å². The van der Waals surface area contributed by atoms with Gasteiger partial charge in [-0.05, 0) is 18.4 Å². The third-order valence-corrected chi connectivity index (χ3v) is 2.22. The van der Waals surface area contributed by atoms with Gasteiger partial charge in [-0.3, -0.25) is 0 Å². The van der Waals surface area contributed by atoms with E-state index in [4.69, 9.17) is 16.7 Å².